The van der Waals surface area contributed by atoms with E-state index >= 15 is 0 Å². The van der Waals surface area contributed by atoms with Gasteiger partial charge in [0.05, 0.1) is 5.60 Å². The minimum Gasteiger partial charge on any atom is -0.388 e. The van der Waals surface area contributed by atoms with Gasteiger partial charge in [0.25, 0.3) is 0 Å². The summed E-state index contributed by atoms with van der Waals surface area (Å²) in [4.78, 5) is 0. The Morgan fingerprint density at radius 1 is 1.27 bits per heavy atom. The maximum absolute atomic E-state index is 10.6. The molecular formula is C13H27NO. The van der Waals surface area contributed by atoms with E-state index < -0.39 is 5.60 Å². The van der Waals surface area contributed by atoms with E-state index in [9.17, 15) is 5.11 Å². The van der Waals surface area contributed by atoms with Gasteiger partial charge >= 0.3 is 0 Å². The molecule has 4 atom stereocenters. The zero-order chi connectivity index (χ0) is 11.6. The van der Waals surface area contributed by atoms with Gasteiger partial charge in [-0.2, -0.15) is 0 Å². The quantitative estimate of drug-likeness (QED) is 0.756. The van der Waals surface area contributed by atoms with Gasteiger partial charge < -0.3 is 10.8 Å². The van der Waals surface area contributed by atoms with Crippen LogP contribution in [0, 0.1) is 23.7 Å². The molecule has 1 aliphatic rings. The Kier molecular flexibility index (Phi) is 4.19. The van der Waals surface area contributed by atoms with Gasteiger partial charge in [-0.3, -0.25) is 0 Å². The van der Waals surface area contributed by atoms with E-state index in [1.165, 1.54) is 6.42 Å². The average Bonchev–Trinajstić information content (AvgIpc) is 2.20. The highest BCUT2D eigenvalue weighted by Crippen LogP contribution is 2.41. The van der Waals surface area contributed by atoms with Gasteiger partial charge in [-0.25, -0.2) is 0 Å². The Bertz CT molecular complexity index is 205. The normalized spacial score (nSPS) is 36.6. The molecule has 1 fully saturated rings. The predicted molar refractivity (Wildman–Crippen MR) is 64.5 cm³/mol. The smallest absolute Gasteiger partial charge is 0.0820 e. The summed E-state index contributed by atoms with van der Waals surface area (Å²) in [6.07, 6.45) is 3.51. The van der Waals surface area contributed by atoms with E-state index in [4.69, 9.17) is 5.73 Å². The van der Waals surface area contributed by atoms with Crippen LogP contribution in [0.1, 0.15) is 47.0 Å². The molecule has 15 heavy (non-hydrogen) atoms. The van der Waals surface area contributed by atoms with Crippen LogP contribution in [0.2, 0.25) is 0 Å². The molecule has 0 spiro atoms. The lowest BCUT2D eigenvalue weighted by molar-refractivity contribution is -0.0739. The molecule has 0 heterocycles. The van der Waals surface area contributed by atoms with Gasteiger partial charge in [-0.15, -0.1) is 0 Å². The minimum absolute atomic E-state index is 0.258. The Labute approximate surface area is 94.2 Å². The van der Waals surface area contributed by atoms with Gasteiger partial charge in [-0.1, -0.05) is 34.1 Å². The summed E-state index contributed by atoms with van der Waals surface area (Å²) in [7, 11) is 0. The zero-order valence-electron chi connectivity index (χ0n) is 10.7. The van der Waals surface area contributed by atoms with Crippen molar-refractivity contribution in [2.24, 2.45) is 29.4 Å². The molecule has 3 N–H and O–H groups in total. The van der Waals surface area contributed by atoms with Crippen molar-refractivity contribution in [2.75, 3.05) is 6.54 Å². The molecule has 0 radical (unpaired) electrons. The SMILES string of the molecule is CC1CCC(C(O)(CN)C(C)C)CC1C. The fourth-order valence-corrected chi connectivity index (χ4v) is 2.88. The molecular weight excluding hydrogens is 186 g/mol. The zero-order valence-corrected chi connectivity index (χ0v) is 10.7. The standard InChI is InChI=1S/C13H27NO/c1-9(2)13(15,8-14)12-6-5-10(3)11(4)7-12/h9-12,15H,5-8,14H2,1-4H3. The van der Waals surface area contributed by atoms with E-state index in [-0.39, 0.29) is 5.92 Å². The molecule has 1 saturated carbocycles. The van der Waals surface area contributed by atoms with Crippen molar-refractivity contribution in [1.82, 2.24) is 0 Å². The topological polar surface area (TPSA) is 46.2 Å². The van der Waals surface area contributed by atoms with Crippen LogP contribution in [0.3, 0.4) is 0 Å². The summed E-state index contributed by atoms with van der Waals surface area (Å²) in [5.41, 5.74) is 5.12. The van der Waals surface area contributed by atoms with Gasteiger partial charge in [0, 0.05) is 6.54 Å². The minimum atomic E-state index is -0.644. The fraction of sp³-hybridized carbons (Fsp3) is 1.00. The van der Waals surface area contributed by atoms with Crippen LogP contribution in [0.4, 0.5) is 0 Å². The van der Waals surface area contributed by atoms with Gasteiger partial charge in [0.1, 0.15) is 0 Å². The molecule has 2 heteroatoms. The molecule has 1 aliphatic carbocycles. The second-order valence-electron chi connectivity index (χ2n) is 5.81. The summed E-state index contributed by atoms with van der Waals surface area (Å²) >= 11 is 0. The molecule has 0 saturated heterocycles. The van der Waals surface area contributed by atoms with Crippen molar-refractivity contribution in [3.63, 3.8) is 0 Å². The molecule has 4 unspecified atom stereocenters. The third kappa shape index (κ3) is 2.54. The van der Waals surface area contributed by atoms with E-state index in [1.807, 2.05) is 0 Å². The molecule has 0 aromatic heterocycles. The van der Waals surface area contributed by atoms with Crippen LogP contribution in [-0.2, 0) is 0 Å². The first-order chi connectivity index (χ1) is 6.91. The molecule has 0 amide bonds. The number of hydrogen-bond acceptors (Lipinski definition) is 2. The van der Waals surface area contributed by atoms with Gasteiger partial charge in [0.15, 0.2) is 0 Å². The van der Waals surface area contributed by atoms with Gasteiger partial charge in [-0.05, 0) is 36.5 Å². The fourth-order valence-electron chi connectivity index (χ4n) is 2.88. The second kappa shape index (κ2) is 4.84. The largest absolute Gasteiger partial charge is 0.388 e. The van der Waals surface area contributed by atoms with Crippen LogP contribution >= 0.6 is 0 Å². The van der Waals surface area contributed by atoms with Crippen LogP contribution in [0.25, 0.3) is 0 Å². The Morgan fingerprint density at radius 2 is 1.87 bits per heavy atom. The summed E-state index contributed by atoms with van der Waals surface area (Å²) in [5, 5.41) is 10.6. The van der Waals surface area contributed by atoms with Crippen LogP contribution in [0.15, 0.2) is 0 Å². The average molecular weight is 213 g/mol. The van der Waals surface area contributed by atoms with E-state index in [1.54, 1.807) is 0 Å². The van der Waals surface area contributed by atoms with Gasteiger partial charge in [0.2, 0.25) is 0 Å². The van der Waals surface area contributed by atoms with Crippen LogP contribution in [-0.4, -0.2) is 17.3 Å². The lowest BCUT2D eigenvalue weighted by Gasteiger charge is -2.44. The lowest BCUT2D eigenvalue weighted by Crippen LogP contribution is -2.51. The van der Waals surface area contributed by atoms with Crippen LogP contribution in [0.5, 0.6) is 0 Å². The monoisotopic (exact) mass is 213 g/mol. The number of rotatable bonds is 3. The number of nitrogens with two attached hydrogens (primary N) is 1. The highest BCUT2D eigenvalue weighted by molar-refractivity contribution is 4.93. The Balaban J connectivity index is 2.70. The summed E-state index contributed by atoms with van der Waals surface area (Å²) in [5.74, 6) is 2.18. The third-order valence-corrected chi connectivity index (χ3v) is 4.63. The molecule has 0 aliphatic heterocycles. The maximum Gasteiger partial charge on any atom is 0.0820 e. The third-order valence-electron chi connectivity index (χ3n) is 4.63. The van der Waals surface area contributed by atoms with Crippen molar-refractivity contribution in [1.29, 1.82) is 0 Å². The van der Waals surface area contributed by atoms with Crippen molar-refractivity contribution < 1.29 is 5.11 Å². The van der Waals surface area contributed by atoms with Crippen molar-refractivity contribution >= 4 is 0 Å². The first-order valence-electron chi connectivity index (χ1n) is 6.34. The van der Waals surface area contributed by atoms with Crippen molar-refractivity contribution in [3.05, 3.63) is 0 Å². The molecule has 90 valence electrons. The van der Waals surface area contributed by atoms with Crippen molar-refractivity contribution in [3.8, 4) is 0 Å². The van der Waals surface area contributed by atoms with Crippen molar-refractivity contribution in [2.45, 2.75) is 52.6 Å². The first-order valence-corrected chi connectivity index (χ1v) is 6.34. The molecule has 0 aromatic rings. The lowest BCUT2D eigenvalue weighted by atomic mass is 9.66. The molecule has 1 rings (SSSR count). The summed E-state index contributed by atoms with van der Waals surface area (Å²) < 4.78 is 0. The summed E-state index contributed by atoms with van der Waals surface area (Å²) in [6.45, 7) is 9.17. The molecule has 0 aromatic carbocycles. The highest BCUT2D eigenvalue weighted by atomic mass is 16.3. The second-order valence-corrected chi connectivity index (χ2v) is 5.81. The van der Waals surface area contributed by atoms with Crippen LogP contribution < -0.4 is 5.73 Å². The molecule has 0 bridgehead atoms. The van der Waals surface area contributed by atoms with E-state index in [0.717, 1.165) is 24.7 Å². The summed E-state index contributed by atoms with van der Waals surface area (Å²) in [6, 6.07) is 0. The highest BCUT2D eigenvalue weighted by Gasteiger charge is 2.41. The number of aliphatic hydroxyl groups is 1. The number of hydrogen-bond donors (Lipinski definition) is 2. The maximum atomic E-state index is 10.6. The molecule has 2 nitrogen and oxygen atoms in total. The predicted octanol–water partition coefficient (Wildman–Crippen LogP) is 2.40. The van der Waals surface area contributed by atoms with E-state index in [0.29, 0.717) is 12.5 Å². The Morgan fingerprint density at radius 3 is 2.27 bits per heavy atom. The first kappa shape index (κ1) is 13.0. The Hall–Kier alpha value is -0.0800. The van der Waals surface area contributed by atoms with E-state index in [2.05, 4.69) is 27.7 Å².